The molecule has 0 fully saturated rings. The number of rotatable bonds is 25. The summed E-state index contributed by atoms with van der Waals surface area (Å²) in [5.41, 5.74) is 21.8. The highest BCUT2D eigenvalue weighted by atomic mass is 127. The lowest BCUT2D eigenvalue weighted by Crippen LogP contribution is -3.00. The average Bonchev–Trinajstić information content (AvgIpc) is 1.57. The molecule has 2 atom stereocenters. The van der Waals surface area contributed by atoms with Crippen LogP contribution in [0.4, 0.5) is 68.2 Å². The first-order valence-electron chi connectivity index (χ1n) is 43.7. The van der Waals surface area contributed by atoms with E-state index < -0.39 is 33.6 Å². The highest BCUT2D eigenvalue weighted by molar-refractivity contribution is 6.10. The number of nitrogens with zero attached hydrogens (tertiary/aromatic N) is 12. The van der Waals surface area contributed by atoms with Crippen molar-refractivity contribution >= 4 is 130 Å². The third kappa shape index (κ3) is 19.3. The van der Waals surface area contributed by atoms with Crippen molar-refractivity contribution in [3.63, 3.8) is 0 Å². The SMILES string of the molecule is CN(C)c1ccc(N=Nc2ccc(NC(=O)c3ccc(CC4(C)C(=CC=C(C#N)C=CC5=[N+](CCC(=O)O)c6ccc7ccccc7c6C5(C)C)N(C)c5ccccc54)cc3)cc2)cc1.CN1C(=CC=C(C#N)C=CC2=[N+](CCC(=O)O)c3ccc4ccccc4c3C2(C)C)C(C)(Cc2ccc(N(C)c3ccc(N=Nc4ccccc4)cc3)cc2)c2c1ccc1ccccc21.[I-].[I-]. The molecular formula is C112H103I2N13O5. The highest BCUT2D eigenvalue weighted by Gasteiger charge is 2.49. The summed E-state index contributed by atoms with van der Waals surface area (Å²) in [4.78, 5) is 45.6. The maximum Gasteiger partial charge on any atom is 0.309 e. The summed E-state index contributed by atoms with van der Waals surface area (Å²) in [5.74, 6) is -1.93. The van der Waals surface area contributed by atoms with Gasteiger partial charge in [0.05, 0.1) is 56.9 Å². The van der Waals surface area contributed by atoms with Crippen molar-refractivity contribution in [1.29, 1.82) is 10.5 Å². The zero-order chi connectivity index (χ0) is 91.2. The van der Waals surface area contributed by atoms with Crippen LogP contribution < -0.4 is 72.9 Å². The van der Waals surface area contributed by atoms with Crippen LogP contribution in [0.1, 0.15) is 98.1 Å². The molecule has 0 radical (unpaired) electrons. The molecule has 13 aromatic carbocycles. The van der Waals surface area contributed by atoms with Crippen molar-refractivity contribution in [3.05, 3.63) is 395 Å². The minimum absolute atomic E-state index is 0. The molecule has 0 aliphatic carbocycles. The van der Waals surface area contributed by atoms with Crippen molar-refractivity contribution in [1.82, 2.24) is 0 Å². The lowest BCUT2D eigenvalue weighted by molar-refractivity contribution is -0.436. The second kappa shape index (κ2) is 40.0. The molecule has 4 aliphatic heterocycles. The summed E-state index contributed by atoms with van der Waals surface area (Å²) in [5, 5.41) is 67.8. The number of anilines is 6. The number of likely N-dealkylation sites (N-methyl/N-ethyl adjacent to an activating group) is 2. The second-order valence-corrected chi connectivity index (χ2v) is 35.1. The fourth-order valence-corrected chi connectivity index (χ4v) is 19.2. The van der Waals surface area contributed by atoms with Crippen LogP contribution in [0.3, 0.4) is 0 Å². The number of halogens is 2. The maximum absolute atomic E-state index is 13.4. The van der Waals surface area contributed by atoms with E-state index in [9.17, 15) is 35.1 Å². The van der Waals surface area contributed by atoms with Crippen molar-refractivity contribution in [2.45, 2.75) is 88.9 Å². The van der Waals surface area contributed by atoms with Crippen molar-refractivity contribution in [2.75, 3.05) is 73.2 Å². The fourth-order valence-electron chi connectivity index (χ4n) is 19.2. The molecule has 18 nitrogen and oxygen atoms in total. The second-order valence-electron chi connectivity index (χ2n) is 35.1. The van der Waals surface area contributed by atoms with Gasteiger partial charge in [0.1, 0.15) is 12.8 Å². The van der Waals surface area contributed by atoms with Gasteiger partial charge < -0.3 is 83.1 Å². The normalized spacial score (nSPS) is 17.0. The number of carboxylic acids is 2. The minimum Gasteiger partial charge on any atom is -1.00 e. The first kappa shape index (κ1) is 93.8. The number of benzene rings is 13. The van der Waals surface area contributed by atoms with Gasteiger partial charge in [0.15, 0.2) is 24.5 Å². The molecule has 660 valence electrons. The van der Waals surface area contributed by atoms with E-state index in [-0.39, 0.29) is 66.7 Å². The van der Waals surface area contributed by atoms with Gasteiger partial charge in [-0.05, 0) is 279 Å². The smallest absolute Gasteiger partial charge is 0.309 e. The molecule has 4 heterocycles. The first-order chi connectivity index (χ1) is 62.7. The number of fused-ring (bicyclic) bond motifs is 10. The number of aliphatic carboxylic acids is 2. The predicted octanol–water partition coefficient (Wildman–Crippen LogP) is 19.5. The molecular weight excluding hydrogens is 1860 g/mol. The molecule has 4 aliphatic rings. The quantitative estimate of drug-likeness (QED) is 0.0161. The number of nitrogens with one attached hydrogen (secondary N) is 1. The van der Waals surface area contributed by atoms with Gasteiger partial charge >= 0.3 is 11.9 Å². The molecule has 0 spiro atoms. The summed E-state index contributed by atoms with van der Waals surface area (Å²) in [6, 6.07) is 101. The van der Waals surface area contributed by atoms with Gasteiger partial charge in [0, 0.05) is 133 Å². The molecule has 132 heavy (non-hydrogen) atoms. The molecule has 2 unspecified atom stereocenters. The van der Waals surface area contributed by atoms with Gasteiger partial charge in [-0.15, -0.1) is 0 Å². The number of carboxylic acid groups (broad SMARTS) is 2. The Morgan fingerprint density at radius 1 is 0.432 bits per heavy atom. The van der Waals surface area contributed by atoms with Gasteiger partial charge in [-0.25, -0.2) is 0 Å². The van der Waals surface area contributed by atoms with Crippen LogP contribution in [0.15, 0.2) is 377 Å². The lowest BCUT2D eigenvalue weighted by Gasteiger charge is -2.30. The summed E-state index contributed by atoms with van der Waals surface area (Å²) in [6.45, 7) is 13.9. The van der Waals surface area contributed by atoms with Gasteiger partial charge in [-0.2, -0.15) is 40.1 Å². The number of carbonyl (C=O) groups excluding carboxylic acids is 1. The largest absolute Gasteiger partial charge is 1.00 e. The van der Waals surface area contributed by atoms with E-state index >= 15 is 0 Å². The van der Waals surface area contributed by atoms with Crippen LogP contribution >= 0.6 is 0 Å². The number of carbonyl (C=O) groups is 3. The van der Waals surface area contributed by atoms with Crippen molar-refractivity contribution in [2.24, 2.45) is 20.5 Å². The van der Waals surface area contributed by atoms with Crippen LogP contribution in [0.2, 0.25) is 0 Å². The number of allylic oxidation sites excluding steroid dienone is 12. The molecule has 13 aromatic rings. The van der Waals surface area contributed by atoms with E-state index in [1.165, 1.54) is 27.5 Å². The molecule has 17 rings (SSSR count). The minimum atomic E-state index is -0.864. The predicted molar refractivity (Wildman–Crippen MR) is 527 cm³/mol. The van der Waals surface area contributed by atoms with E-state index in [4.69, 9.17) is 0 Å². The Morgan fingerprint density at radius 3 is 1.29 bits per heavy atom. The summed E-state index contributed by atoms with van der Waals surface area (Å²) >= 11 is 0. The molecule has 20 heteroatoms. The Balaban J connectivity index is 0.000000209. The Kier molecular flexibility index (Phi) is 28.4. The molecule has 3 N–H and O–H groups in total. The van der Waals surface area contributed by atoms with E-state index in [0.29, 0.717) is 47.6 Å². The van der Waals surface area contributed by atoms with E-state index in [2.05, 4.69) is 270 Å². The van der Waals surface area contributed by atoms with Crippen LogP contribution in [0.25, 0.3) is 32.3 Å². The Morgan fingerprint density at radius 2 is 0.818 bits per heavy atom. The first-order valence-corrected chi connectivity index (χ1v) is 43.7. The Hall–Kier alpha value is -14.3. The molecule has 1 amide bonds. The number of para-hydroxylation sites is 1. The molecule has 0 saturated carbocycles. The maximum atomic E-state index is 13.4. The van der Waals surface area contributed by atoms with E-state index in [1.807, 2.05) is 207 Å². The Bertz CT molecular complexity index is 7040. The standard InChI is InChI=1S/C57H50N6O2.C55H51N7O3.2HI/c1-56(2)51(63(36-35-53(64)65)50-32-24-41-13-9-11-17-47(41)54(50)56)33-21-40(38-58)22-34-52-57(3,55-48-18-12-10-14-42(48)23-31-49(55)62(52)5)37-39-19-27-45(28-20-39)61(4)46-29-25-44(26-30-46)60-59-43-15-7-6-8-16-43;1-54(2)49(62(34-33-51(63)64)48-30-21-39-11-7-8-12-45(39)52(48)54)31-17-38(36-56)18-32-50-55(3,46-13-9-10-14-47(46)61(50)6)35-37-15-19-40(20-16-37)53(65)57-41-22-24-42(25-23-41)58-59-43-26-28-44(29-27-43)60(4)5;;/h6-34H,35-37H2,1-5H3;7-32H,33-35H2,1-6H3,(H-,57,59,63,64,65);2*1H. The van der Waals surface area contributed by atoms with Crippen LogP contribution in [0, 0.1) is 22.7 Å². The van der Waals surface area contributed by atoms with Crippen LogP contribution in [-0.2, 0) is 44.1 Å². The van der Waals surface area contributed by atoms with Crippen molar-refractivity contribution < 1.29 is 81.7 Å². The van der Waals surface area contributed by atoms with Gasteiger partial charge in [0.2, 0.25) is 11.4 Å². The average molecular weight is 1960 g/mol. The zero-order valence-corrected chi connectivity index (χ0v) is 80.1. The summed E-state index contributed by atoms with van der Waals surface area (Å²) in [6.07, 6.45) is 17.0. The van der Waals surface area contributed by atoms with Crippen LogP contribution in [-0.4, -0.2) is 97.0 Å². The molecule has 0 saturated heterocycles. The number of nitriles is 2. The third-order valence-electron chi connectivity index (χ3n) is 25.8. The highest BCUT2D eigenvalue weighted by Crippen LogP contribution is 2.54. The zero-order valence-electron chi connectivity index (χ0n) is 75.7. The van der Waals surface area contributed by atoms with E-state index in [0.717, 1.165) is 124 Å². The molecule has 0 aromatic heterocycles. The third-order valence-corrected chi connectivity index (χ3v) is 25.8. The summed E-state index contributed by atoms with van der Waals surface area (Å²) in [7, 11) is 10.2. The van der Waals surface area contributed by atoms with Gasteiger partial charge in [-0.1, -0.05) is 140 Å². The Labute approximate surface area is 805 Å². The number of hydrogen-bond donors (Lipinski definition) is 3. The summed E-state index contributed by atoms with van der Waals surface area (Å²) < 4.78 is 4.20. The number of hydrogen-bond acceptors (Lipinski definition) is 13. The topological polar surface area (TPSA) is 220 Å². The number of azo groups is 2. The van der Waals surface area contributed by atoms with Gasteiger partial charge in [0.25, 0.3) is 5.91 Å². The van der Waals surface area contributed by atoms with Gasteiger partial charge in [-0.3, -0.25) is 14.4 Å². The van der Waals surface area contributed by atoms with E-state index in [1.54, 1.807) is 0 Å². The van der Waals surface area contributed by atoms with Crippen molar-refractivity contribution in [3.8, 4) is 12.1 Å². The lowest BCUT2D eigenvalue weighted by atomic mass is 9.74. The number of amides is 1. The van der Waals surface area contributed by atoms with Crippen LogP contribution in [0.5, 0.6) is 0 Å². The fraction of sp³-hybridized carbons (Fsp3) is 0.188. The molecule has 0 bridgehead atoms. The monoisotopic (exact) mass is 1960 g/mol.